The average molecular weight is 202 g/mol. The lowest BCUT2D eigenvalue weighted by molar-refractivity contribution is 0.229. The highest BCUT2D eigenvalue weighted by Gasteiger charge is 1.98. The molecule has 80 valence electrons. The average Bonchev–Trinajstić information content (AvgIpc) is 2.28. The number of hydrogen-bond donors (Lipinski definition) is 1. The normalized spacial score (nSPS) is 10.2. The molecule has 0 aliphatic carbocycles. The zero-order valence-electron chi connectivity index (χ0n) is 9.02. The third-order valence-corrected chi connectivity index (χ3v) is 2.05. The smallest absolute Gasteiger partial charge is 0.0353 e. The van der Waals surface area contributed by atoms with Crippen LogP contribution in [0.4, 0.5) is 0 Å². The maximum absolute atomic E-state index is 3.72. The largest absolute Gasteiger partial charge is 0.250 e. The van der Waals surface area contributed by atoms with E-state index in [1.54, 1.807) is 0 Å². The number of hydrogen-bond acceptors (Lipinski definition) is 2. The lowest BCUT2D eigenvalue weighted by Crippen LogP contribution is -2.37. The van der Waals surface area contributed by atoms with Crippen molar-refractivity contribution in [1.82, 2.24) is 10.4 Å². The Kier molecular flexibility index (Phi) is 5.44. The Labute approximate surface area is 91.9 Å². The van der Waals surface area contributed by atoms with Gasteiger partial charge in [0.15, 0.2) is 0 Å². The molecule has 0 atom stereocenters. The van der Waals surface area contributed by atoms with Gasteiger partial charge in [0, 0.05) is 19.6 Å². The molecule has 0 saturated carbocycles. The fraction of sp³-hybridized carbons (Fsp3) is 0.231. The Morgan fingerprint density at radius 1 is 1.07 bits per heavy atom. The second-order valence-corrected chi connectivity index (χ2v) is 3.30. The van der Waals surface area contributed by atoms with Crippen molar-refractivity contribution in [3.8, 4) is 0 Å². The SMILES string of the molecule is C=CCN(CC=C)NCc1ccccc1. The Hall–Kier alpha value is -1.38. The quantitative estimate of drug-likeness (QED) is 0.539. The van der Waals surface area contributed by atoms with Gasteiger partial charge in [-0.05, 0) is 5.56 Å². The van der Waals surface area contributed by atoms with E-state index in [9.17, 15) is 0 Å². The van der Waals surface area contributed by atoms with E-state index in [1.165, 1.54) is 5.56 Å². The molecule has 15 heavy (non-hydrogen) atoms. The topological polar surface area (TPSA) is 15.3 Å². The molecule has 0 heterocycles. The molecule has 2 heteroatoms. The molecule has 1 rings (SSSR count). The molecule has 0 aromatic heterocycles. The summed E-state index contributed by atoms with van der Waals surface area (Å²) in [5, 5.41) is 2.08. The number of rotatable bonds is 7. The van der Waals surface area contributed by atoms with Crippen LogP contribution in [0.5, 0.6) is 0 Å². The summed E-state index contributed by atoms with van der Waals surface area (Å²) in [6.45, 7) is 9.92. The highest BCUT2D eigenvalue weighted by Crippen LogP contribution is 1.98. The van der Waals surface area contributed by atoms with Crippen molar-refractivity contribution in [3.05, 3.63) is 61.2 Å². The Morgan fingerprint density at radius 2 is 1.67 bits per heavy atom. The fourth-order valence-electron chi connectivity index (χ4n) is 1.31. The van der Waals surface area contributed by atoms with E-state index in [-0.39, 0.29) is 0 Å². The van der Waals surface area contributed by atoms with Crippen molar-refractivity contribution in [3.63, 3.8) is 0 Å². The van der Waals surface area contributed by atoms with Crippen molar-refractivity contribution < 1.29 is 0 Å². The van der Waals surface area contributed by atoms with Crippen LogP contribution in [0, 0.1) is 0 Å². The van der Waals surface area contributed by atoms with Crippen molar-refractivity contribution in [2.24, 2.45) is 0 Å². The summed E-state index contributed by atoms with van der Waals surface area (Å²) in [4.78, 5) is 0. The van der Waals surface area contributed by atoms with Crippen LogP contribution >= 0.6 is 0 Å². The van der Waals surface area contributed by atoms with Gasteiger partial charge in [-0.2, -0.15) is 0 Å². The van der Waals surface area contributed by atoms with E-state index in [1.807, 2.05) is 30.4 Å². The molecule has 1 aromatic carbocycles. The van der Waals surface area contributed by atoms with Crippen LogP contribution in [0.15, 0.2) is 55.6 Å². The Bertz CT molecular complexity index is 283. The first-order chi connectivity index (χ1) is 7.36. The predicted molar refractivity (Wildman–Crippen MR) is 65.2 cm³/mol. The molecule has 0 saturated heterocycles. The van der Waals surface area contributed by atoms with Gasteiger partial charge >= 0.3 is 0 Å². The molecule has 2 nitrogen and oxygen atoms in total. The van der Waals surface area contributed by atoms with Crippen molar-refractivity contribution >= 4 is 0 Å². The second kappa shape index (κ2) is 6.98. The summed E-state index contributed by atoms with van der Waals surface area (Å²) in [5.74, 6) is 0. The standard InChI is InChI=1S/C13H18N2/c1-3-10-15(11-4-2)14-12-13-8-6-5-7-9-13/h3-9,14H,1-2,10-12H2. The molecular formula is C13H18N2. The maximum atomic E-state index is 3.72. The summed E-state index contributed by atoms with van der Waals surface area (Å²) in [6.07, 6.45) is 3.75. The molecule has 0 fully saturated rings. The van der Waals surface area contributed by atoms with Gasteiger partial charge in [0.1, 0.15) is 0 Å². The van der Waals surface area contributed by atoms with E-state index in [2.05, 4.69) is 35.7 Å². The summed E-state index contributed by atoms with van der Waals surface area (Å²) in [5.41, 5.74) is 4.60. The zero-order chi connectivity index (χ0) is 10.9. The monoisotopic (exact) mass is 202 g/mol. The van der Waals surface area contributed by atoms with Gasteiger partial charge in [0.2, 0.25) is 0 Å². The molecule has 0 unspecified atom stereocenters. The van der Waals surface area contributed by atoms with E-state index in [4.69, 9.17) is 0 Å². The maximum Gasteiger partial charge on any atom is 0.0353 e. The summed E-state index contributed by atoms with van der Waals surface area (Å²) >= 11 is 0. The van der Waals surface area contributed by atoms with Crippen LogP contribution in [0.2, 0.25) is 0 Å². The minimum absolute atomic E-state index is 0.818. The van der Waals surface area contributed by atoms with Crippen molar-refractivity contribution in [2.45, 2.75) is 6.54 Å². The van der Waals surface area contributed by atoms with Crippen LogP contribution in [0.1, 0.15) is 5.56 Å². The number of benzene rings is 1. The van der Waals surface area contributed by atoms with Crippen molar-refractivity contribution in [1.29, 1.82) is 0 Å². The first-order valence-electron chi connectivity index (χ1n) is 5.11. The highest BCUT2D eigenvalue weighted by atomic mass is 15.5. The molecule has 0 radical (unpaired) electrons. The lowest BCUT2D eigenvalue weighted by Gasteiger charge is -2.20. The minimum Gasteiger partial charge on any atom is -0.250 e. The third kappa shape index (κ3) is 4.58. The van der Waals surface area contributed by atoms with Gasteiger partial charge in [0.25, 0.3) is 0 Å². The summed E-state index contributed by atoms with van der Waals surface area (Å²) < 4.78 is 0. The van der Waals surface area contributed by atoms with Gasteiger partial charge in [-0.1, -0.05) is 42.5 Å². The van der Waals surface area contributed by atoms with Gasteiger partial charge in [-0.25, -0.2) is 5.01 Å². The van der Waals surface area contributed by atoms with Crippen LogP contribution < -0.4 is 5.43 Å². The van der Waals surface area contributed by atoms with Gasteiger partial charge in [-0.3, -0.25) is 5.43 Å². The molecule has 0 aliphatic rings. The van der Waals surface area contributed by atoms with E-state index in [0.717, 1.165) is 19.6 Å². The minimum atomic E-state index is 0.818. The third-order valence-electron chi connectivity index (χ3n) is 2.05. The molecule has 1 N–H and O–H groups in total. The molecule has 1 aromatic rings. The van der Waals surface area contributed by atoms with Crippen LogP contribution in [0.25, 0.3) is 0 Å². The van der Waals surface area contributed by atoms with E-state index >= 15 is 0 Å². The predicted octanol–water partition coefficient (Wildman–Crippen LogP) is 2.37. The molecular weight excluding hydrogens is 184 g/mol. The van der Waals surface area contributed by atoms with Gasteiger partial charge < -0.3 is 0 Å². The van der Waals surface area contributed by atoms with Gasteiger partial charge in [-0.15, -0.1) is 13.2 Å². The van der Waals surface area contributed by atoms with E-state index in [0.29, 0.717) is 0 Å². The molecule has 0 bridgehead atoms. The van der Waals surface area contributed by atoms with Crippen LogP contribution in [-0.4, -0.2) is 18.1 Å². The molecule has 0 spiro atoms. The van der Waals surface area contributed by atoms with Crippen LogP contribution in [-0.2, 0) is 6.54 Å². The first-order valence-corrected chi connectivity index (χ1v) is 5.11. The highest BCUT2D eigenvalue weighted by molar-refractivity contribution is 5.14. The Morgan fingerprint density at radius 3 is 2.20 bits per heavy atom. The summed E-state index contributed by atoms with van der Waals surface area (Å²) in [7, 11) is 0. The second-order valence-electron chi connectivity index (χ2n) is 3.30. The van der Waals surface area contributed by atoms with Crippen molar-refractivity contribution in [2.75, 3.05) is 13.1 Å². The lowest BCUT2D eigenvalue weighted by atomic mass is 10.2. The number of hydrazine groups is 1. The van der Waals surface area contributed by atoms with E-state index < -0.39 is 0 Å². The fourth-order valence-corrected chi connectivity index (χ4v) is 1.31. The van der Waals surface area contributed by atoms with Gasteiger partial charge in [0.05, 0.1) is 0 Å². The zero-order valence-corrected chi connectivity index (χ0v) is 9.02. The molecule has 0 amide bonds. The number of nitrogens with one attached hydrogen (secondary N) is 1. The number of nitrogens with zero attached hydrogens (tertiary/aromatic N) is 1. The summed E-state index contributed by atoms with van der Waals surface area (Å²) in [6, 6.07) is 10.3. The molecule has 0 aliphatic heterocycles. The first kappa shape index (κ1) is 11.7. The Balaban J connectivity index is 2.39. The van der Waals surface area contributed by atoms with Crippen LogP contribution in [0.3, 0.4) is 0 Å².